The molecule has 0 spiro atoms. The third-order valence-corrected chi connectivity index (χ3v) is 11.7. The molecule has 332 valence electrons. The Hall–Kier alpha value is -6.11. The number of benzene rings is 5. The number of hydrogen-bond acceptors (Lipinski definition) is 9. The zero-order chi connectivity index (χ0) is 45.4. The van der Waals surface area contributed by atoms with Crippen molar-refractivity contribution in [2.24, 2.45) is 0 Å². The van der Waals surface area contributed by atoms with Crippen molar-refractivity contribution in [1.82, 2.24) is 10.6 Å². The molecule has 63 heavy (non-hydrogen) atoms. The molecule has 2 atom stereocenters. The van der Waals surface area contributed by atoms with E-state index in [1.807, 2.05) is 121 Å². The molecule has 13 heteroatoms. The normalized spacial score (nSPS) is 12.3. The van der Waals surface area contributed by atoms with E-state index < -0.39 is 49.9 Å². The molecule has 11 nitrogen and oxygen atoms in total. The van der Waals surface area contributed by atoms with Crippen LogP contribution in [0.1, 0.15) is 48.6 Å². The minimum atomic E-state index is -1.55. The molecule has 0 aliphatic rings. The van der Waals surface area contributed by atoms with Crippen LogP contribution in [0.5, 0.6) is 5.75 Å². The first-order valence-corrected chi connectivity index (χ1v) is 25.0. The number of alkyl carbamates (subject to hydrolysis) is 2. The van der Waals surface area contributed by atoms with Crippen LogP contribution in [0.2, 0.25) is 30.7 Å². The van der Waals surface area contributed by atoms with Gasteiger partial charge in [0.25, 0.3) is 0 Å². The summed E-state index contributed by atoms with van der Waals surface area (Å²) in [5.74, 6) is -0.759. The van der Waals surface area contributed by atoms with Crippen LogP contribution in [-0.2, 0) is 61.2 Å². The lowest BCUT2D eigenvalue weighted by molar-refractivity contribution is -0.147. The second-order valence-electron chi connectivity index (χ2n) is 17.3. The van der Waals surface area contributed by atoms with Crippen LogP contribution in [0.25, 0.3) is 11.1 Å². The molecule has 5 rings (SSSR count). The van der Waals surface area contributed by atoms with Gasteiger partial charge in [0.15, 0.2) is 0 Å². The quantitative estimate of drug-likeness (QED) is 0.0471. The maximum Gasteiger partial charge on any atom is 0.408 e. The van der Waals surface area contributed by atoms with E-state index in [4.69, 9.17) is 35.3 Å². The number of carbonyl (C=O) groups is 4. The van der Waals surface area contributed by atoms with E-state index in [1.165, 1.54) is 0 Å². The molecule has 0 aliphatic heterocycles. The molecule has 0 aromatic heterocycles. The Labute approximate surface area is 376 Å². The maximum absolute atomic E-state index is 13.8. The van der Waals surface area contributed by atoms with Gasteiger partial charge in [0.2, 0.25) is 0 Å². The van der Waals surface area contributed by atoms with Gasteiger partial charge < -0.3 is 34.3 Å². The molecule has 0 saturated heterocycles. The van der Waals surface area contributed by atoms with Gasteiger partial charge in [-0.05, 0) is 90.0 Å². The predicted molar refractivity (Wildman–Crippen MR) is 247 cm³/mol. The number of ether oxygens (including phenoxy) is 5. The van der Waals surface area contributed by atoms with Crippen molar-refractivity contribution in [1.29, 1.82) is 0 Å². The molecule has 0 heterocycles. The molecule has 0 unspecified atom stereocenters. The van der Waals surface area contributed by atoms with Gasteiger partial charge in [-0.25, -0.2) is 19.2 Å². The van der Waals surface area contributed by atoms with Gasteiger partial charge in [0, 0.05) is 25.9 Å². The summed E-state index contributed by atoms with van der Waals surface area (Å²) >= 11 is 6.77. The number of esters is 2. The third-order valence-electron chi connectivity index (χ3n) is 9.61. The van der Waals surface area contributed by atoms with Crippen LogP contribution in [-0.4, -0.2) is 56.5 Å². The second-order valence-corrected chi connectivity index (χ2v) is 23.4. The van der Waals surface area contributed by atoms with Crippen LogP contribution in [0.3, 0.4) is 0 Å². The Morgan fingerprint density at radius 3 is 1.62 bits per heavy atom. The smallest absolute Gasteiger partial charge is 0.408 e. The lowest BCUT2D eigenvalue weighted by atomic mass is 9.96. The summed E-state index contributed by atoms with van der Waals surface area (Å²) in [6.07, 6.45) is -1.54. The predicted octanol–water partition coefficient (Wildman–Crippen LogP) is 10.5. The standard InChI is InChI=1S/C50H57ClN2O9Si/c1-50(2,3)62-49(57)53-43(47(55)60-33-36-18-12-8-13-19-36)30-40-28-38(22-24-42(40)51)39-23-25-45(59-32-35-16-10-7-11-17-35)41(29-39)31-44(46(54)58-26-27-63(4,5)6)52-48(56)61-34-37-20-14-9-15-21-37/h7-25,28-29,43-44H,26-27,30-34H2,1-6H3,(H,52,56)(H,53,57)/t43-,44-/m0/s1. The van der Waals surface area contributed by atoms with E-state index in [0.29, 0.717) is 21.9 Å². The van der Waals surface area contributed by atoms with Crippen molar-refractivity contribution in [2.45, 2.75) is 96.8 Å². The zero-order valence-electron chi connectivity index (χ0n) is 36.8. The van der Waals surface area contributed by atoms with Crippen LogP contribution in [0.15, 0.2) is 127 Å². The Bertz CT molecular complexity index is 2280. The summed E-state index contributed by atoms with van der Waals surface area (Å²) in [5, 5.41) is 5.80. The number of rotatable bonds is 19. The molecule has 0 fully saturated rings. The van der Waals surface area contributed by atoms with Gasteiger partial charge in [-0.3, -0.25) is 0 Å². The average molecular weight is 894 g/mol. The van der Waals surface area contributed by atoms with Crippen LogP contribution in [0, 0.1) is 0 Å². The van der Waals surface area contributed by atoms with Crippen molar-refractivity contribution in [3.05, 3.63) is 160 Å². The van der Waals surface area contributed by atoms with Crippen molar-refractivity contribution < 1.29 is 42.9 Å². The van der Waals surface area contributed by atoms with E-state index in [2.05, 4.69) is 30.3 Å². The lowest BCUT2D eigenvalue weighted by Gasteiger charge is -2.23. The molecular weight excluding hydrogens is 836 g/mol. The molecule has 5 aromatic carbocycles. The average Bonchev–Trinajstić information content (AvgIpc) is 3.24. The second kappa shape index (κ2) is 22.8. The van der Waals surface area contributed by atoms with Crippen molar-refractivity contribution in [3.63, 3.8) is 0 Å². The van der Waals surface area contributed by atoms with Gasteiger partial charge in [0.05, 0.1) is 6.61 Å². The molecule has 0 aliphatic carbocycles. The Kier molecular flexibility index (Phi) is 17.4. The zero-order valence-corrected chi connectivity index (χ0v) is 38.5. The first kappa shape index (κ1) is 47.9. The molecule has 2 N–H and O–H groups in total. The highest BCUT2D eigenvalue weighted by Gasteiger charge is 2.29. The molecule has 2 amide bonds. The van der Waals surface area contributed by atoms with E-state index in [9.17, 15) is 19.2 Å². The van der Waals surface area contributed by atoms with E-state index in [0.717, 1.165) is 33.9 Å². The summed E-state index contributed by atoms with van der Waals surface area (Å²) in [6.45, 7) is 12.3. The summed E-state index contributed by atoms with van der Waals surface area (Å²) in [7, 11) is -1.55. The fraction of sp³-hybridized carbons (Fsp3) is 0.320. The van der Waals surface area contributed by atoms with Crippen molar-refractivity contribution >= 4 is 43.8 Å². The molecule has 0 saturated carbocycles. The summed E-state index contributed by atoms with van der Waals surface area (Å²) in [5.41, 5.74) is 4.35. The number of halogens is 1. The fourth-order valence-corrected chi connectivity index (χ4v) is 7.19. The van der Waals surface area contributed by atoms with Gasteiger partial charge in [-0.2, -0.15) is 0 Å². The Morgan fingerprint density at radius 2 is 1.06 bits per heavy atom. The van der Waals surface area contributed by atoms with E-state index in [-0.39, 0.29) is 39.3 Å². The van der Waals surface area contributed by atoms with Crippen LogP contribution in [0.4, 0.5) is 9.59 Å². The number of carbonyl (C=O) groups excluding carboxylic acids is 4. The topological polar surface area (TPSA) is 138 Å². The summed E-state index contributed by atoms with van der Waals surface area (Å²) in [6, 6.07) is 37.6. The van der Waals surface area contributed by atoms with Gasteiger partial charge in [-0.1, -0.05) is 134 Å². The molecule has 0 bridgehead atoms. The van der Waals surface area contributed by atoms with Gasteiger partial charge in [0.1, 0.15) is 43.3 Å². The number of nitrogens with one attached hydrogen (secondary N) is 2. The van der Waals surface area contributed by atoms with Crippen molar-refractivity contribution in [3.8, 4) is 16.9 Å². The SMILES string of the molecule is CC(C)(C)OC(=O)N[C@@H](Cc1cc(-c2ccc(OCc3ccccc3)c(C[C@H](NC(=O)OCc3ccccc3)C(=O)OCC[Si](C)(C)C)c2)ccc1Cl)C(=O)OCc1ccccc1. The lowest BCUT2D eigenvalue weighted by Crippen LogP contribution is -2.45. The Morgan fingerprint density at radius 1 is 0.587 bits per heavy atom. The highest BCUT2D eigenvalue weighted by atomic mass is 35.5. The molecule has 0 radical (unpaired) electrons. The highest BCUT2D eigenvalue weighted by molar-refractivity contribution is 6.76. The highest BCUT2D eigenvalue weighted by Crippen LogP contribution is 2.32. The van der Waals surface area contributed by atoms with Crippen LogP contribution < -0.4 is 15.4 Å². The largest absolute Gasteiger partial charge is 0.489 e. The minimum Gasteiger partial charge on any atom is -0.489 e. The summed E-state index contributed by atoms with van der Waals surface area (Å²) < 4.78 is 28.8. The third kappa shape index (κ3) is 16.6. The van der Waals surface area contributed by atoms with E-state index in [1.54, 1.807) is 26.8 Å². The van der Waals surface area contributed by atoms with Crippen LogP contribution >= 0.6 is 11.6 Å². The van der Waals surface area contributed by atoms with Crippen molar-refractivity contribution in [2.75, 3.05) is 6.61 Å². The minimum absolute atomic E-state index is 0.00781. The van der Waals surface area contributed by atoms with E-state index >= 15 is 0 Å². The first-order valence-electron chi connectivity index (χ1n) is 20.9. The monoisotopic (exact) mass is 892 g/mol. The summed E-state index contributed by atoms with van der Waals surface area (Å²) in [4.78, 5) is 53.6. The molecule has 5 aromatic rings. The number of hydrogen-bond donors (Lipinski definition) is 2. The maximum atomic E-state index is 13.8. The van der Waals surface area contributed by atoms with Gasteiger partial charge >= 0.3 is 24.1 Å². The van der Waals surface area contributed by atoms with Gasteiger partial charge in [-0.15, -0.1) is 0 Å². The molecular formula is C50H57ClN2O9Si. The fourth-order valence-electron chi connectivity index (χ4n) is 6.28. The first-order chi connectivity index (χ1) is 30.0. The Balaban J connectivity index is 1.45. The number of amides is 2.